The van der Waals surface area contributed by atoms with Crippen molar-refractivity contribution < 1.29 is 23.8 Å². The predicted molar refractivity (Wildman–Crippen MR) is 113 cm³/mol. The van der Waals surface area contributed by atoms with Crippen LogP contribution in [0.3, 0.4) is 0 Å². The van der Waals surface area contributed by atoms with E-state index < -0.39 is 5.92 Å². The molecule has 0 spiro atoms. The topological polar surface area (TPSA) is 73.9 Å². The molecule has 1 atom stereocenters. The van der Waals surface area contributed by atoms with Gasteiger partial charge in [-0.05, 0) is 63.1 Å². The summed E-state index contributed by atoms with van der Waals surface area (Å²) in [5.41, 5.74) is 3.67. The van der Waals surface area contributed by atoms with Crippen molar-refractivity contribution in [3.8, 4) is 11.5 Å². The summed E-state index contributed by atoms with van der Waals surface area (Å²) in [5.74, 6) is 0.521. The van der Waals surface area contributed by atoms with Crippen LogP contribution in [-0.2, 0) is 14.3 Å². The molecule has 1 fully saturated rings. The second-order valence-electron chi connectivity index (χ2n) is 8.30. The third-order valence-corrected chi connectivity index (χ3v) is 7.06. The minimum atomic E-state index is -0.494. The number of Topliss-reactive ketones (excluding diaryl/α,β-unsaturated/α-hetero) is 1. The van der Waals surface area contributed by atoms with Gasteiger partial charge >= 0.3 is 5.97 Å². The highest BCUT2D eigenvalue weighted by Crippen LogP contribution is 2.48. The molecular weight excluding hydrogens is 450 g/mol. The fourth-order valence-corrected chi connectivity index (χ4v) is 5.49. The third kappa shape index (κ3) is 3.33. The summed E-state index contributed by atoms with van der Waals surface area (Å²) in [6.45, 7) is 2.05. The number of dihydropyridines is 1. The molecule has 0 aromatic heterocycles. The Morgan fingerprint density at radius 2 is 1.87 bits per heavy atom. The predicted octanol–water partition coefficient (Wildman–Crippen LogP) is 4.63. The highest BCUT2D eigenvalue weighted by Gasteiger charge is 2.41. The summed E-state index contributed by atoms with van der Waals surface area (Å²) < 4.78 is 17.7. The lowest BCUT2D eigenvalue weighted by Crippen LogP contribution is -2.35. The molecule has 7 heteroatoms. The minimum absolute atomic E-state index is 0.0453. The first-order valence-electron chi connectivity index (χ1n) is 10.6. The number of nitrogens with one attached hydrogen (secondary N) is 1. The van der Waals surface area contributed by atoms with Crippen molar-refractivity contribution in [2.45, 2.75) is 63.9 Å². The zero-order valence-corrected chi connectivity index (χ0v) is 18.5. The van der Waals surface area contributed by atoms with E-state index in [1.54, 1.807) is 0 Å². The Kier molecular flexibility index (Phi) is 5.09. The maximum absolute atomic E-state index is 13.3. The van der Waals surface area contributed by atoms with E-state index in [4.69, 9.17) is 14.2 Å². The molecule has 2 heterocycles. The van der Waals surface area contributed by atoms with Crippen LogP contribution in [-0.4, -0.2) is 24.6 Å². The van der Waals surface area contributed by atoms with E-state index in [9.17, 15) is 9.59 Å². The highest BCUT2D eigenvalue weighted by atomic mass is 79.9. The largest absolute Gasteiger partial charge is 0.459 e. The average Bonchev–Trinajstić information content (AvgIpc) is 3.38. The number of benzene rings is 1. The monoisotopic (exact) mass is 473 g/mol. The van der Waals surface area contributed by atoms with E-state index in [-0.39, 0.29) is 24.6 Å². The number of halogens is 1. The van der Waals surface area contributed by atoms with Crippen LogP contribution in [0.4, 0.5) is 0 Å². The smallest absolute Gasteiger partial charge is 0.337 e. The number of carbonyl (C=O) groups excluding carboxylic acids is 2. The fourth-order valence-electron chi connectivity index (χ4n) is 4.94. The second kappa shape index (κ2) is 7.76. The number of ether oxygens (including phenoxy) is 3. The minimum Gasteiger partial charge on any atom is -0.459 e. The van der Waals surface area contributed by atoms with Crippen molar-refractivity contribution in [2.24, 2.45) is 0 Å². The maximum atomic E-state index is 13.3. The third-order valence-electron chi connectivity index (χ3n) is 6.37. The molecule has 30 heavy (non-hydrogen) atoms. The Morgan fingerprint density at radius 1 is 1.13 bits per heavy atom. The van der Waals surface area contributed by atoms with Gasteiger partial charge in [-0.3, -0.25) is 4.79 Å². The lowest BCUT2D eigenvalue weighted by atomic mass is 9.75. The zero-order valence-electron chi connectivity index (χ0n) is 16.9. The van der Waals surface area contributed by atoms with Crippen LogP contribution in [0, 0.1) is 0 Å². The van der Waals surface area contributed by atoms with Crippen LogP contribution < -0.4 is 14.8 Å². The van der Waals surface area contributed by atoms with Crippen LogP contribution in [0.15, 0.2) is 39.1 Å². The van der Waals surface area contributed by atoms with E-state index in [0.717, 1.165) is 60.0 Å². The Morgan fingerprint density at radius 3 is 2.63 bits per heavy atom. The van der Waals surface area contributed by atoms with E-state index in [1.807, 2.05) is 19.1 Å². The molecule has 1 aromatic rings. The molecule has 0 saturated heterocycles. The van der Waals surface area contributed by atoms with E-state index in [1.165, 1.54) is 0 Å². The van der Waals surface area contributed by atoms with Gasteiger partial charge in [0.1, 0.15) is 6.10 Å². The molecule has 2 aliphatic carbocycles. The number of esters is 1. The molecule has 1 saturated carbocycles. The number of hydrogen-bond acceptors (Lipinski definition) is 6. The lowest BCUT2D eigenvalue weighted by molar-refractivity contribution is -0.144. The fraction of sp³-hybridized carbons (Fsp3) is 0.478. The van der Waals surface area contributed by atoms with Crippen LogP contribution in [0.5, 0.6) is 11.5 Å². The molecule has 0 amide bonds. The summed E-state index contributed by atoms with van der Waals surface area (Å²) >= 11 is 3.64. The quantitative estimate of drug-likeness (QED) is 0.644. The molecule has 0 bridgehead atoms. The lowest BCUT2D eigenvalue weighted by Gasteiger charge is -2.35. The second-order valence-corrected chi connectivity index (χ2v) is 9.16. The molecule has 2 aliphatic heterocycles. The Hall–Kier alpha value is -2.28. The van der Waals surface area contributed by atoms with Crippen molar-refractivity contribution in [3.05, 3.63) is 44.7 Å². The van der Waals surface area contributed by atoms with Crippen LogP contribution in [0.25, 0.3) is 0 Å². The molecule has 4 aliphatic rings. The Bertz CT molecular complexity index is 990. The molecule has 6 nitrogen and oxygen atoms in total. The molecule has 0 radical (unpaired) electrons. The van der Waals surface area contributed by atoms with Gasteiger partial charge in [-0.25, -0.2) is 4.79 Å². The summed E-state index contributed by atoms with van der Waals surface area (Å²) in [6.07, 6.45) is 6.02. The molecule has 1 aromatic carbocycles. The van der Waals surface area contributed by atoms with Gasteiger partial charge in [-0.15, -0.1) is 0 Å². The highest BCUT2D eigenvalue weighted by molar-refractivity contribution is 9.10. The standard InChI is InChI=1S/C23H24BrNO5/c1-12-20(23(27)30-13-5-2-3-6-13)21(22-16(25-12)7-4-8-17(22)26)14-9-18-19(10-15(14)24)29-11-28-18/h9-10,13,21,25H,2-8,11H2,1H3. The van der Waals surface area contributed by atoms with Crippen molar-refractivity contribution in [2.75, 3.05) is 6.79 Å². The van der Waals surface area contributed by atoms with Crippen LogP contribution in [0.2, 0.25) is 0 Å². The number of allylic oxidation sites excluding steroid dienone is 3. The van der Waals surface area contributed by atoms with Gasteiger partial charge in [-0.1, -0.05) is 15.9 Å². The van der Waals surface area contributed by atoms with Gasteiger partial charge in [-0.2, -0.15) is 0 Å². The summed E-state index contributed by atoms with van der Waals surface area (Å²) in [7, 11) is 0. The number of hydrogen-bond donors (Lipinski definition) is 1. The Labute approximate surface area is 183 Å². The van der Waals surface area contributed by atoms with E-state index in [2.05, 4.69) is 21.2 Å². The number of rotatable bonds is 3. The summed E-state index contributed by atoms with van der Waals surface area (Å²) in [6, 6.07) is 3.73. The molecule has 1 unspecified atom stereocenters. The first-order chi connectivity index (χ1) is 14.5. The van der Waals surface area contributed by atoms with Crippen LogP contribution >= 0.6 is 15.9 Å². The molecule has 5 rings (SSSR count). The van der Waals surface area contributed by atoms with Crippen molar-refractivity contribution in [1.82, 2.24) is 5.32 Å². The molecule has 158 valence electrons. The van der Waals surface area contributed by atoms with Crippen LogP contribution in [0.1, 0.15) is 63.4 Å². The first-order valence-corrected chi connectivity index (χ1v) is 11.4. The van der Waals surface area contributed by atoms with Gasteiger partial charge < -0.3 is 19.5 Å². The molecular formula is C23H24BrNO5. The van der Waals surface area contributed by atoms with Gasteiger partial charge in [0.05, 0.1) is 5.57 Å². The van der Waals surface area contributed by atoms with Crippen molar-refractivity contribution in [3.63, 3.8) is 0 Å². The SMILES string of the molecule is CC1=C(C(=O)OC2CCCC2)C(c2cc3c(cc2Br)OCO3)C2=C(CCCC2=O)N1. The van der Waals surface area contributed by atoms with Gasteiger partial charge in [0.15, 0.2) is 17.3 Å². The normalized spacial score (nSPS) is 23.5. The first kappa shape index (κ1) is 19.7. The van der Waals surface area contributed by atoms with Crippen molar-refractivity contribution >= 4 is 27.7 Å². The number of fused-ring (bicyclic) bond motifs is 1. The van der Waals surface area contributed by atoms with Crippen molar-refractivity contribution in [1.29, 1.82) is 0 Å². The summed E-state index contributed by atoms with van der Waals surface area (Å²) in [4.78, 5) is 26.4. The zero-order chi connectivity index (χ0) is 20.8. The van der Waals surface area contributed by atoms with Gasteiger partial charge in [0, 0.05) is 33.8 Å². The van der Waals surface area contributed by atoms with E-state index >= 15 is 0 Å². The summed E-state index contributed by atoms with van der Waals surface area (Å²) in [5, 5.41) is 3.34. The average molecular weight is 474 g/mol. The number of ketones is 1. The maximum Gasteiger partial charge on any atom is 0.337 e. The Balaban J connectivity index is 1.61. The van der Waals surface area contributed by atoms with E-state index in [0.29, 0.717) is 29.1 Å². The molecule has 1 N–H and O–H groups in total. The van der Waals surface area contributed by atoms with Gasteiger partial charge in [0.25, 0.3) is 0 Å². The number of carbonyl (C=O) groups is 2. The van der Waals surface area contributed by atoms with Gasteiger partial charge in [0.2, 0.25) is 6.79 Å².